The molecule has 0 aliphatic carbocycles. The van der Waals surface area contributed by atoms with Crippen LogP contribution in [0.5, 0.6) is 5.75 Å². The summed E-state index contributed by atoms with van der Waals surface area (Å²) < 4.78 is 13.1. The monoisotopic (exact) mass is 391 g/mol. The number of rotatable bonds is 3. The summed E-state index contributed by atoms with van der Waals surface area (Å²) in [6.45, 7) is 2.06. The van der Waals surface area contributed by atoms with Gasteiger partial charge in [0.1, 0.15) is 12.0 Å². The van der Waals surface area contributed by atoms with Crippen LogP contribution in [0.25, 0.3) is 0 Å². The Labute approximate surface area is 160 Å². The molecule has 0 aliphatic rings. The summed E-state index contributed by atoms with van der Waals surface area (Å²) in [6.07, 6.45) is 0.735. The molecule has 3 aromatic rings. The molecule has 26 heavy (non-hydrogen) atoms. The van der Waals surface area contributed by atoms with Gasteiger partial charge in [0.05, 0.1) is 0 Å². The molecule has 0 atom stereocenters. The molecule has 0 heterocycles. The van der Waals surface area contributed by atoms with Crippen LogP contribution in [-0.2, 0) is 19.5 Å². The van der Waals surface area contributed by atoms with Crippen LogP contribution in [0.15, 0.2) is 72.8 Å². The van der Waals surface area contributed by atoms with Crippen LogP contribution in [0.1, 0.15) is 26.3 Å². The first kappa shape index (κ1) is 21.1. The number of hydrogen-bond acceptors (Lipinski definition) is 4. The van der Waals surface area contributed by atoms with Gasteiger partial charge in [-0.15, -0.1) is 0 Å². The van der Waals surface area contributed by atoms with Crippen LogP contribution >= 0.6 is 0 Å². The molecule has 135 valence electrons. The number of benzene rings is 3. The van der Waals surface area contributed by atoms with Gasteiger partial charge in [-0.05, 0) is 29.8 Å². The average molecular weight is 391 g/mol. The molecule has 0 unspecified atom stereocenters. The number of ether oxygens (including phenoxy) is 1. The summed E-state index contributed by atoms with van der Waals surface area (Å²) in [6, 6.07) is 26.5. The molecule has 3 rings (SSSR count). The van der Waals surface area contributed by atoms with Crippen LogP contribution in [0.3, 0.4) is 0 Å². The van der Waals surface area contributed by atoms with Crippen molar-refractivity contribution in [1.29, 1.82) is 0 Å². The molecule has 3 aromatic carbocycles. The van der Waals surface area contributed by atoms with E-state index in [2.05, 4.69) is 34.7 Å². The predicted octanol–water partition coefficient (Wildman–Crippen LogP) is 4.19. The number of aldehydes is 1. The van der Waals surface area contributed by atoms with Crippen molar-refractivity contribution in [2.75, 3.05) is 0 Å². The Hall–Kier alpha value is -2.89. The van der Waals surface area contributed by atoms with Gasteiger partial charge in [-0.1, -0.05) is 6.92 Å². The molecule has 0 saturated heterocycles. The van der Waals surface area contributed by atoms with Crippen molar-refractivity contribution in [3.8, 4) is 5.75 Å². The Morgan fingerprint density at radius 2 is 1.38 bits per heavy atom. The fourth-order valence-electron chi connectivity index (χ4n) is 1.77. The van der Waals surface area contributed by atoms with Crippen molar-refractivity contribution in [3.05, 3.63) is 102 Å². The molecule has 0 spiro atoms. The van der Waals surface area contributed by atoms with E-state index in [1.807, 2.05) is 24.3 Å². The van der Waals surface area contributed by atoms with Gasteiger partial charge in [0.2, 0.25) is 0 Å². The standard InChI is InChI=1S/C14H9O3.C7H7.Co.O/c15-10-11-6-8-13(9-7-11)17-14(16)12-4-2-1-3-5-12;1-7-5-3-2-4-6-7;;/h2-10H;3-6H,1H3;;/q2*-1;;. The van der Waals surface area contributed by atoms with E-state index in [4.69, 9.17) is 8.60 Å². The van der Waals surface area contributed by atoms with Crippen LogP contribution in [0.4, 0.5) is 0 Å². The van der Waals surface area contributed by atoms with Crippen LogP contribution in [-0.4, -0.2) is 12.3 Å². The van der Waals surface area contributed by atoms with Gasteiger partial charge >= 0.3 is 25.5 Å². The van der Waals surface area contributed by atoms with Gasteiger partial charge in [-0.3, -0.25) is 4.79 Å². The first-order valence-corrected chi connectivity index (χ1v) is 7.91. The fraction of sp³-hybridized carbons (Fsp3) is 0.0476. The third-order valence-corrected chi connectivity index (χ3v) is 3.07. The summed E-state index contributed by atoms with van der Waals surface area (Å²) in [7, 11) is 0. The topological polar surface area (TPSA) is 60.4 Å². The predicted molar refractivity (Wildman–Crippen MR) is 92.8 cm³/mol. The van der Waals surface area contributed by atoms with E-state index in [0.29, 0.717) is 16.9 Å². The Balaban J connectivity index is 0.000000313. The summed E-state index contributed by atoms with van der Waals surface area (Å²) in [5, 5.41) is 0. The second-order valence-electron chi connectivity index (χ2n) is 4.94. The van der Waals surface area contributed by atoms with Gasteiger partial charge in [0, 0.05) is 5.56 Å². The van der Waals surface area contributed by atoms with Gasteiger partial charge in [0.15, 0.2) is 0 Å². The van der Waals surface area contributed by atoms with E-state index in [9.17, 15) is 9.59 Å². The molecule has 0 fully saturated rings. The number of aryl methyl sites for hydroxylation is 1. The molecule has 5 heteroatoms. The summed E-state index contributed by atoms with van der Waals surface area (Å²) in [5.41, 5.74) is 2.29. The second kappa shape index (κ2) is 12.5. The van der Waals surface area contributed by atoms with E-state index >= 15 is 0 Å². The molecule has 0 bridgehead atoms. The first-order valence-electron chi connectivity index (χ1n) is 7.49. The van der Waals surface area contributed by atoms with Crippen molar-refractivity contribution < 1.29 is 33.9 Å². The molecular formula is C21H16CoO4-2. The van der Waals surface area contributed by atoms with E-state index < -0.39 is 5.97 Å². The third-order valence-electron chi connectivity index (χ3n) is 3.07. The summed E-state index contributed by atoms with van der Waals surface area (Å²) >= 11 is 2.31. The zero-order valence-corrected chi connectivity index (χ0v) is 15.0. The average Bonchev–Trinajstić information content (AvgIpc) is 2.72. The minimum absolute atomic E-state index is 0.411. The number of hydrogen-bond donors (Lipinski definition) is 0. The Morgan fingerprint density at radius 3 is 1.81 bits per heavy atom. The van der Waals surface area contributed by atoms with Gasteiger partial charge in [-0.2, -0.15) is 66.2 Å². The van der Waals surface area contributed by atoms with Gasteiger partial charge < -0.3 is 4.74 Å². The number of carbonyl (C=O) groups is 2. The summed E-state index contributed by atoms with van der Waals surface area (Å²) in [5.74, 6) is -0.0220. The van der Waals surface area contributed by atoms with E-state index in [1.54, 1.807) is 48.5 Å². The SMILES string of the molecule is Cc1cc[c-]cc1.O=Cc1ccc(OC(=O)c2cc[c-]cc2)cc1.[O]=[Co]. The van der Waals surface area contributed by atoms with Crippen LogP contribution < -0.4 is 4.74 Å². The molecule has 0 N–H and O–H groups in total. The number of esters is 1. The van der Waals surface area contributed by atoms with Gasteiger partial charge in [-0.25, -0.2) is 4.79 Å². The first-order chi connectivity index (χ1) is 12.7. The Morgan fingerprint density at radius 1 is 0.885 bits per heavy atom. The maximum absolute atomic E-state index is 11.7. The zero-order valence-electron chi connectivity index (χ0n) is 14.0. The molecule has 0 radical (unpaired) electrons. The second-order valence-corrected chi connectivity index (χ2v) is 4.94. The van der Waals surface area contributed by atoms with E-state index in [0.717, 1.165) is 6.29 Å². The van der Waals surface area contributed by atoms with Crippen molar-refractivity contribution in [3.63, 3.8) is 0 Å². The number of carbonyl (C=O) groups excluding carboxylic acids is 2. The molecule has 4 nitrogen and oxygen atoms in total. The molecule has 0 aliphatic heterocycles. The maximum atomic E-state index is 11.7. The van der Waals surface area contributed by atoms with Crippen molar-refractivity contribution in [2.24, 2.45) is 0 Å². The van der Waals surface area contributed by atoms with Gasteiger partial charge in [0.25, 0.3) is 0 Å². The Kier molecular flexibility index (Phi) is 10.1. The minimum atomic E-state index is -0.433. The van der Waals surface area contributed by atoms with E-state index in [1.165, 1.54) is 5.56 Å². The normalized spacial score (nSPS) is 8.85. The molecule has 0 amide bonds. The molecule has 0 aromatic heterocycles. The van der Waals surface area contributed by atoms with Crippen LogP contribution in [0, 0.1) is 19.1 Å². The van der Waals surface area contributed by atoms with Crippen molar-refractivity contribution in [2.45, 2.75) is 6.92 Å². The molecular weight excluding hydrogens is 375 g/mol. The van der Waals surface area contributed by atoms with Crippen molar-refractivity contribution >= 4 is 12.3 Å². The summed E-state index contributed by atoms with van der Waals surface area (Å²) in [4.78, 5) is 22.1. The van der Waals surface area contributed by atoms with Crippen molar-refractivity contribution in [1.82, 2.24) is 0 Å². The Bertz CT molecular complexity index is 787. The van der Waals surface area contributed by atoms with E-state index in [-0.39, 0.29) is 0 Å². The zero-order chi connectivity index (χ0) is 19.2. The van der Waals surface area contributed by atoms with Crippen LogP contribution in [0.2, 0.25) is 0 Å². The fourth-order valence-corrected chi connectivity index (χ4v) is 1.77. The quantitative estimate of drug-likeness (QED) is 0.291. The molecule has 0 saturated carbocycles. The third kappa shape index (κ3) is 7.79.